The molecule has 1 atom stereocenters. The van der Waals surface area contributed by atoms with Gasteiger partial charge in [-0.25, -0.2) is 12.7 Å². The Hall–Kier alpha value is -1.81. The van der Waals surface area contributed by atoms with Crippen molar-refractivity contribution in [3.8, 4) is 5.75 Å². The van der Waals surface area contributed by atoms with E-state index in [1.54, 1.807) is 18.2 Å². The van der Waals surface area contributed by atoms with Gasteiger partial charge < -0.3 is 19.2 Å². The molecular formula is C24H28Cl2N2O5S. The Balaban J connectivity index is 1.32. The minimum Gasteiger partial charge on any atom is -0.490 e. The van der Waals surface area contributed by atoms with Gasteiger partial charge in [-0.3, -0.25) is 0 Å². The molecule has 1 N–H and O–H groups in total. The molecule has 2 heterocycles. The molecule has 0 radical (unpaired) electrons. The van der Waals surface area contributed by atoms with E-state index in [0.29, 0.717) is 39.2 Å². The van der Waals surface area contributed by atoms with Gasteiger partial charge in [0.25, 0.3) is 10.0 Å². The van der Waals surface area contributed by atoms with E-state index >= 15 is 0 Å². The maximum atomic E-state index is 12.4. The quantitative estimate of drug-likeness (QED) is 0.461. The molecule has 3 aromatic rings. The number of likely N-dealkylation sites (tertiary alicyclic amines) is 1. The number of piperidine rings is 1. The monoisotopic (exact) mass is 526 g/mol. The summed E-state index contributed by atoms with van der Waals surface area (Å²) in [5.74, 6) is 0.893. The fourth-order valence-corrected chi connectivity index (χ4v) is 5.32. The van der Waals surface area contributed by atoms with Crippen LogP contribution >= 0.6 is 23.2 Å². The summed E-state index contributed by atoms with van der Waals surface area (Å²) in [6.07, 6.45) is 1.26. The fraction of sp³-hybridized carbons (Fsp3) is 0.417. The van der Waals surface area contributed by atoms with Crippen LogP contribution in [-0.4, -0.2) is 69.2 Å². The van der Waals surface area contributed by atoms with Gasteiger partial charge >= 0.3 is 0 Å². The lowest BCUT2D eigenvalue weighted by Gasteiger charge is -2.33. The van der Waals surface area contributed by atoms with Crippen molar-refractivity contribution in [2.24, 2.45) is 0 Å². The lowest BCUT2D eigenvalue weighted by atomic mass is 9.89. The van der Waals surface area contributed by atoms with Crippen LogP contribution in [0.15, 0.2) is 52.0 Å². The summed E-state index contributed by atoms with van der Waals surface area (Å²) in [6, 6.07) is 12.4. The van der Waals surface area contributed by atoms with Crippen molar-refractivity contribution >= 4 is 44.2 Å². The first-order valence-electron chi connectivity index (χ1n) is 11.1. The van der Waals surface area contributed by atoms with E-state index in [4.69, 9.17) is 32.4 Å². The summed E-state index contributed by atoms with van der Waals surface area (Å²) in [5, 5.41) is 12.1. The first-order chi connectivity index (χ1) is 16.1. The minimum absolute atomic E-state index is 0.0901. The van der Waals surface area contributed by atoms with Crippen molar-refractivity contribution in [2.45, 2.75) is 30.0 Å². The topological polar surface area (TPSA) is 83.2 Å². The van der Waals surface area contributed by atoms with Gasteiger partial charge in [0.2, 0.25) is 5.09 Å². The number of nitrogens with zero attached hydrogens (tertiary/aromatic N) is 2. The van der Waals surface area contributed by atoms with Crippen LogP contribution in [-0.2, 0) is 10.0 Å². The molecule has 1 aliphatic rings. The second kappa shape index (κ2) is 10.4. The minimum atomic E-state index is -3.69. The van der Waals surface area contributed by atoms with Crippen molar-refractivity contribution in [3.63, 3.8) is 0 Å². The molecule has 0 bridgehead atoms. The number of benzene rings is 2. The Bertz CT molecular complexity index is 1250. The van der Waals surface area contributed by atoms with E-state index in [-0.39, 0.29) is 11.7 Å². The molecule has 1 aliphatic heterocycles. The average Bonchev–Trinajstić information content (AvgIpc) is 3.26. The SMILES string of the molecule is CN(C)S(=O)(=O)c1cc2c(OCC(O)CN3CCC(c4ccc(Cl)c(Cl)c4)CC3)cccc2o1. The molecule has 34 heavy (non-hydrogen) atoms. The Morgan fingerprint density at radius 3 is 2.56 bits per heavy atom. The van der Waals surface area contributed by atoms with E-state index < -0.39 is 16.1 Å². The van der Waals surface area contributed by atoms with E-state index in [1.165, 1.54) is 25.7 Å². The van der Waals surface area contributed by atoms with Gasteiger partial charge in [-0.05, 0) is 61.7 Å². The maximum Gasteiger partial charge on any atom is 0.275 e. The molecule has 0 saturated carbocycles. The Kier molecular flexibility index (Phi) is 7.76. The zero-order valence-corrected chi connectivity index (χ0v) is 21.4. The number of fused-ring (bicyclic) bond motifs is 1. The molecule has 1 unspecified atom stereocenters. The maximum absolute atomic E-state index is 12.4. The third kappa shape index (κ3) is 5.53. The van der Waals surface area contributed by atoms with E-state index in [2.05, 4.69) is 4.90 Å². The number of aliphatic hydroxyl groups excluding tert-OH is 1. The van der Waals surface area contributed by atoms with E-state index in [0.717, 1.165) is 30.2 Å². The highest BCUT2D eigenvalue weighted by Crippen LogP contribution is 2.33. The van der Waals surface area contributed by atoms with Crippen molar-refractivity contribution < 1.29 is 22.7 Å². The molecule has 2 aromatic carbocycles. The van der Waals surface area contributed by atoms with Crippen LogP contribution in [0.3, 0.4) is 0 Å². The van der Waals surface area contributed by atoms with Gasteiger partial charge in [0.05, 0.1) is 15.4 Å². The summed E-state index contributed by atoms with van der Waals surface area (Å²) in [7, 11) is -0.798. The summed E-state index contributed by atoms with van der Waals surface area (Å²) in [6.45, 7) is 2.32. The normalized spacial score (nSPS) is 16.9. The molecule has 10 heteroatoms. The largest absolute Gasteiger partial charge is 0.490 e. The lowest BCUT2D eigenvalue weighted by Crippen LogP contribution is -2.40. The van der Waals surface area contributed by atoms with Crippen LogP contribution in [0.1, 0.15) is 24.3 Å². The average molecular weight is 527 g/mol. The molecule has 1 aromatic heterocycles. The van der Waals surface area contributed by atoms with Gasteiger partial charge in [0.1, 0.15) is 24.0 Å². The molecular weight excluding hydrogens is 499 g/mol. The third-order valence-electron chi connectivity index (χ3n) is 6.14. The van der Waals surface area contributed by atoms with Crippen LogP contribution in [0.2, 0.25) is 10.0 Å². The van der Waals surface area contributed by atoms with Crippen molar-refractivity contribution in [3.05, 3.63) is 58.1 Å². The molecule has 0 aliphatic carbocycles. The molecule has 184 valence electrons. The number of halogens is 2. The Labute approximate surface area is 209 Å². The molecule has 7 nitrogen and oxygen atoms in total. The second-order valence-corrected chi connectivity index (χ2v) is 11.6. The third-order valence-corrected chi connectivity index (χ3v) is 8.55. The van der Waals surface area contributed by atoms with Gasteiger partial charge in [0, 0.05) is 26.7 Å². The van der Waals surface area contributed by atoms with Crippen molar-refractivity contribution in [1.82, 2.24) is 9.21 Å². The predicted octanol–water partition coefficient (Wildman–Crippen LogP) is 4.61. The predicted molar refractivity (Wildman–Crippen MR) is 133 cm³/mol. The number of hydrogen-bond acceptors (Lipinski definition) is 6. The van der Waals surface area contributed by atoms with Crippen molar-refractivity contribution in [1.29, 1.82) is 0 Å². The number of ether oxygens (including phenoxy) is 1. The molecule has 4 rings (SSSR count). The highest BCUT2D eigenvalue weighted by atomic mass is 35.5. The number of sulfonamides is 1. The highest BCUT2D eigenvalue weighted by Gasteiger charge is 2.25. The summed E-state index contributed by atoms with van der Waals surface area (Å²) < 4.78 is 37.2. The first-order valence-corrected chi connectivity index (χ1v) is 13.3. The molecule has 1 fully saturated rings. The van der Waals surface area contributed by atoms with E-state index in [1.807, 2.05) is 18.2 Å². The Morgan fingerprint density at radius 1 is 1.15 bits per heavy atom. The van der Waals surface area contributed by atoms with Gasteiger partial charge in [-0.2, -0.15) is 0 Å². The van der Waals surface area contributed by atoms with Crippen LogP contribution < -0.4 is 4.74 Å². The number of rotatable bonds is 8. The van der Waals surface area contributed by atoms with Crippen LogP contribution in [0, 0.1) is 0 Å². The van der Waals surface area contributed by atoms with Crippen molar-refractivity contribution in [2.75, 3.05) is 40.3 Å². The summed E-state index contributed by atoms with van der Waals surface area (Å²) in [5.41, 5.74) is 1.61. The smallest absolute Gasteiger partial charge is 0.275 e. The van der Waals surface area contributed by atoms with Crippen LogP contribution in [0.25, 0.3) is 11.0 Å². The highest BCUT2D eigenvalue weighted by molar-refractivity contribution is 7.89. The lowest BCUT2D eigenvalue weighted by molar-refractivity contribution is 0.0599. The van der Waals surface area contributed by atoms with Crippen LogP contribution in [0.4, 0.5) is 0 Å². The summed E-state index contributed by atoms with van der Waals surface area (Å²) in [4.78, 5) is 2.22. The number of furan rings is 1. The number of hydrogen-bond donors (Lipinski definition) is 1. The molecule has 0 amide bonds. The van der Waals surface area contributed by atoms with Gasteiger partial charge in [-0.15, -0.1) is 0 Å². The fourth-order valence-electron chi connectivity index (χ4n) is 4.20. The second-order valence-electron chi connectivity index (χ2n) is 8.73. The Morgan fingerprint density at radius 2 is 1.88 bits per heavy atom. The molecule has 0 spiro atoms. The van der Waals surface area contributed by atoms with Crippen LogP contribution in [0.5, 0.6) is 5.75 Å². The van der Waals surface area contributed by atoms with E-state index in [9.17, 15) is 13.5 Å². The number of β-amino-alcohol motifs (C(OH)–C–C–N with tert-alkyl or cyclic N) is 1. The summed E-state index contributed by atoms with van der Waals surface area (Å²) >= 11 is 12.2. The first kappa shape index (κ1) is 25.3. The van der Waals surface area contributed by atoms with Gasteiger partial charge in [0.15, 0.2) is 0 Å². The zero-order chi connectivity index (χ0) is 24.5. The number of aliphatic hydroxyl groups is 1. The van der Waals surface area contributed by atoms with Gasteiger partial charge in [-0.1, -0.05) is 35.3 Å². The molecule has 1 saturated heterocycles. The standard InChI is InChI=1S/C24H28Cl2N2O5S/c1-27(2)34(30,31)24-13-19-22(4-3-5-23(19)33-24)32-15-18(29)14-28-10-8-16(9-11-28)17-6-7-20(25)21(26)12-17/h3-7,12-13,16,18,29H,8-11,14-15H2,1-2H3. The zero-order valence-electron chi connectivity index (χ0n) is 19.1.